The van der Waals surface area contributed by atoms with Gasteiger partial charge in [0.1, 0.15) is 28.8 Å². The average molecular weight is 305 g/mol. The molecular formula is C18H12FN3O. The second-order valence-electron chi connectivity index (χ2n) is 5.09. The lowest BCUT2D eigenvalue weighted by molar-refractivity contribution is 0.475. The lowest BCUT2D eigenvalue weighted by Crippen LogP contribution is -1.91. The van der Waals surface area contributed by atoms with Gasteiger partial charge in [-0.2, -0.15) is 0 Å². The molecule has 0 unspecified atom stereocenters. The predicted molar refractivity (Wildman–Crippen MR) is 85.5 cm³/mol. The molecule has 23 heavy (non-hydrogen) atoms. The van der Waals surface area contributed by atoms with Crippen LogP contribution in [0.1, 0.15) is 0 Å². The van der Waals surface area contributed by atoms with Crippen LogP contribution in [-0.4, -0.2) is 19.5 Å². The number of benzene rings is 1. The number of hydrogen-bond donors (Lipinski definition) is 1. The summed E-state index contributed by atoms with van der Waals surface area (Å²) >= 11 is 0. The van der Waals surface area contributed by atoms with E-state index in [-0.39, 0.29) is 11.6 Å². The maximum absolute atomic E-state index is 14.2. The third-order valence-electron chi connectivity index (χ3n) is 3.67. The number of hydrogen-bond acceptors (Lipinski definition) is 3. The highest BCUT2D eigenvalue weighted by Gasteiger charge is 2.18. The van der Waals surface area contributed by atoms with Crippen LogP contribution >= 0.6 is 0 Å². The first-order valence-electron chi connectivity index (χ1n) is 7.12. The standard InChI is InChI=1S/C18H12FN3O/c19-13-7-2-1-6-12(13)18-21-16(14-8-3-4-11-22(14)18)17-15(23)9-5-10-20-17/h1-11,23H. The Hall–Kier alpha value is -3.21. The van der Waals surface area contributed by atoms with Crippen molar-refractivity contribution in [3.63, 3.8) is 0 Å². The van der Waals surface area contributed by atoms with Crippen LogP contribution in [0.2, 0.25) is 0 Å². The summed E-state index contributed by atoms with van der Waals surface area (Å²) in [6, 6.07) is 15.3. The van der Waals surface area contributed by atoms with Gasteiger partial charge >= 0.3 is 0 Å². The van der Waals surface area contributed by atoms with E-state index in [2.05, 4.69) is 9.97 Å². The van der Waals surface area contributed by atoms with Crippen molar-refractivity contribution in [3.05, 3.63) is 72.8 Å². The van der Waals surface area contributed by atoms with Gasteiger partial charge in [-0.25, -0.2) is 9.37 Å². The molecule has 4 rings (SSSR count). The Morgan fingerprint density at radius 1 is 0.913 bits per heavy atom. The Labute approximate surface area is 131 Å². The van der Waals surface area contributed by atoms with Crippen LogP contribution in [0.3, 0.4) is 0 Å². The first-order valence-corrected chi connectivity index (χ1v) is 7.12. The predicted octanol–water partition coefficient (Wildman–Crippen LogP) is 3.91. The first kappa shape index (κ1) is 13.5. The number of fused-ring (bicyclic) bond motifs is 1. The van der Waals surface area contributed by atoms with E-state index in [1.807, 2.05) is 24.4 Å². The van der Waals surface area contributed by atoms with Gasteiger partial charge in [-0.3, -0.25) is 9.38 Å². The smallest absolute Gasteiger partial charge is 0.148 e. The quantitative estimate of drug-likeness (QED) is 0.611. The molecule has 0 bridgehead atoms. The molecule has 3 aromatic heterocycles. The molecule has 0 saturated heterocycles. The Balaban J connectivity index is 2.06. The summed E-state index contributed by atoms with van der Waals surface area (Å²) in [5.41, 5.74) is 2.04. The minimum atomic E-state index is -0.347. The molecule has 5 heteroatoms. The molecule has 1 N–H and O–H groups in total. The molecule has 0 fully saturated rings. The van der Waals surface area contributed by atoms with Crippen molar-refractivity contribution in [1.29, 1.82) is 0 Å². The number of aromatic hydroxyl groups is 1. The summed E-state index contributed by atoms with van der Waals surface area (Å²) in [6.45, 7) is 0. The van der Waals surface area contributed by atoms with Gasteiger partial charge in [0.2, 0.25) is 0 Å². The van der Waals surface area contributed by atoms with Crippen molar-refractivity contribution in [2.24, 2.45) is 0 Å². The van der Waals surface area contributed by atoms with E-state index in [1.54, 1.807) is 40.9 Å². The van der Waals surface area contributed by atoms with Crippen LogP contribution in [0.5, 0.6) is 5.75 Å². The van der Waals surface area contributed by atoms with Crippen LogP contribution in [0.4, 0.5) is 4.39 Å². The lowest BCUT2D eigenvalue weighted by atomic mass is 10.2. The first-order chi connectivity index (χ1) is 11.3. The zero-order chi connectivity index (χ0) is 15.8. The summed E-state index contributed by atoms with van der Waals surface area (Å²) in [7, 11) is 0. The van der Waals surface area contributed by atoms with E-state index in [0.29, 0.717) is 22.8 Å². The van der Waals surface area contributed by atoms with Crippen molar-refractivity contribution < 1.29 is 9.50 Å². The number of halogens is 1. The van der Waals surface area contributed by atoms with Crippen LogP contribution in [0.25, 0.3) is 28.3 Å². The lowest BCUT2D eigenvalue weighted by Gasteiger charge is -2.02. The second-order valence-corrected chi connectivity index (χ2v) is 5.09. The fourth-order valence-corrected chi connectivity index (χ4v) is 2.62. The molecule has 0 amide bonds. The molecule has 0 aliphatic heterocycles. The number of imidazole rings is 1. The van der Waals surface area contributed by atoms with Crippen LogP contribution < -0.4 is 0 Å². The number of pyridine rings is 2. The van der Waals surface area contributed by atoms with Crippen molar-refractivity contribution in [3.8, 4) is 28.5 Å². The van der Waals surface area contributed by atoms with Gasteiger partial charge < -0.3 is 5.11 Å². The van der Waals surface area contributed by atoms with Gasteiger partial charge in [0, 0.05) is 12.4 Å². The summed E-state index contributed by atoms with van der Waals surface area (Å²) < 4.78 is 16.0. The van der Waals surface area contributed by atoms with Gasteiger partial charge in [-0.05, 0) is 36.4 Å². The van der Waals surface area contributed by atoms with Gasteiger partial charge in [-0.15, -0.1) is 0 Å². The number of aromatic nitrogens is 3. The summed E-state index contributed by atoms with van der Waals surface area (Å²) in [5.74, 6) is 0.162. The van der Waals surface area contributed by atoms with Crippen molar-refractivity contribution in [2.45, 2.75) is 0 Å². The number of rotatable bonds is 2. The Morgan fingerprint density at radius 2 is 1.74 bits per heavy atom. The van der Waals surface area contributed by atoms with Crippen molar-refractivity contribution in [1.82, 2.24) is 14.4 Å². The topological polar surface area (TPSA) is 50.4 Å². The highest BCUT2D eigenvalue weighted by atomic mass is 19.1. The Morgan fingerprint density at radius 3 is 2.57 bits per heavy atom. The molecular weight excluding hydrogens is 293 g/mol. The molecule has 3 heterocycles. The van der Waals surface area contributed by atoms with Gasteiger partial charge in [0.25, 0.3) is 0 Å². The molecule has 0 spiro atoms. The second kappa shape index (κ2) is 5.21. The fourth-order valence-electron chi connectivity index (χ4n) is 2.62. The summed E-state index contributed by atoms with van der Waals surface area (Å²) in [6.07, 6.45) is 3.40. The van der Waals surface area contributed by atoms with Gasteiger partial charge in [-0.1, -0.05) is 18.2 Å². The maximum atomic E-state index is 14.2. The summed E-state index contributed by atoms with van der Waals surface area (Å²) in [5, 5.41) is 10.1. The third kappa shape index (κ3) is 2.14. The van der Waals surface area contributed by atoms with E-state index in [1.165, 1.54) is 6.07 Å². The summed E-state index contributed by atoms with van der Waals surface area (Å²) in [4.78, 5) is 8.76. The monoisotopic (exact) mass is 305 g/mol. The molecule has 1 aromatic carbocycles. The van der Waals surface area contributed by atoms with Gasteiger partial charge in [0.15, 0.2) is 0 Å². The number of nitrogens with zero attached hydrogens (tertiary/aromatic N) is 3. The van der Waals surface area contributed by atoms with E-state index in [4.69, 9.17) is 0 Å². The fraction of sp³-hybridized carbons (Fsp3) is 0. The van der Waals surface area contributed by atoms with Crippen LogP contribution in [0, 0.1) is 5.82 Å². The Kier molecular flexibility index (Phi) is 3.05. The van der Waals surface area contributed by atoms with E-state index < -0.39 is 0 Å². The normalized spacial score (nSPS) is 11.0. The maximum Gasteiger partial charge on any atom is 0.148 e. The van der Waals surface area contributed by atoms with E-state index in [0.717, 1.165) is 5.52 Å². The highest BCUT2D eigenvalue weighted by molar-refractivity contribution is 5.82. The van der Waals surface area contributed by atoms with Gasteiger partial charge in [0.05, 0.1) is 11.1 Å². The minimum absolute atomic E-state index is 0.0384. The average Bonchev–Trinajstić information content (AvgIpc) is 2.95. The molecule has 0 atom stereocenters. The van der Waals surface area contributed by atoms with Crippen LogP contribution in [-0.2, 0) is 0 Å². The molecule has 0 radical (unpaired) electrons. The zero-order valence-corrected chi connectivity index (χ0v) is 12.0. The highest BCUT2D eigenvalue weighted by Crippen LogP contribution is 2.33. The van der Waals surface area contributed by atoms with Crippen LogP contribution in [0.15, 0.2) is 67.0 Å². The van der Waals surface area contributed by atoms with Crippen molar-refractivity contribution >= 4 is 5.52 Å². The molecule has 0 saturated carbocycles. The third-order valence-corrected chi connectivity index (χ3v) is 3.67. The Bertz CT molecular complexity index is 931. The molecule has 0 aliphatic carbocycles. The SMILES string of the molecule is Oc1cccnc1-c1nc(-c2ccccc2F)n2ccccc12. The largest absolute Gasteiger partial charge is 0.506 e. The van der Waals surface area contributed by atoms with Crippen molar-refractivity contribution in [2.75, 3.05) is 0 Å². The molecule has 4 nitrogen and oxygen atoms in total. The molecule has 0 aliphatic rings. The van der Waals surface area contributed by atoms with E-state index in [9.17, 15) is 9.50 Å². The minimum Gasteiger partial charge on any atom is -0.506 e. The molecule has 112 valence electrons. The van der Waals surface area contributed by atoms with E-state index >= 15 is 0 Å². The zero-order valence-electron chi connectivity index (χ0n) is 12.0. The molecule has 4 aromatic rings.